The maximum Gasteiger partial charge on any atom is 0.270 e. The summed E-state index contributed by atoms with van der Waals surface area (Å²) in [5.41, 5.74) is 2.39. The van der Waals surface area contributed by atoms with Crippen molar-refractivity contribution >= 4 is 51.8 Å². The van der Waals surface area contributed by atoms with Gasteiger partial charge in [-0.2, -0.15) is 5.26 Å². The fourth-order valence-corrected chi connectivity index (χ4v) is 6.76. The summed E-state index contributed by atoms with van der Waals surface area (Å²) in [6.07, 6.45) is 8.74. The van der Waals surface area contributed by atoms with Crippen LogP contribution in [-0.4, -0.2) is 52.4 Å². The SMILES string of the molecule is CCCCCCCCN1C(=O)/C(=C\c2c(C)c(C#N)c(=O)n(CC)c2N2CCN(c3ccccc3)CC2)SC1=S. The Balaban J connectivity index is 1.63. The fraction of sp³-hybridized carbons (Fsp3) is 0.484. The van der Waals surface area contributed by atoms with Crippen LogP contribution in [0.25, 0.3) is 6.08 Å². The molecular weight excluding hydrogens is 539 g/mol. The van der Waals surface area contributed by atoms with Crippen LogP contribution in [0.15, 0.2) is 40.0 Å². The van der Waals surface area contributed by atoms with E-state index in [0.29, 0.717) is 27.9 Å². The average molecular weight is 578 g/mol. The lowest BCUT2D eigenvalue weighted by atomic mass is 10.0. The number of nitriles is 1. The number of para-hydroxylation sites is 1. The number of aromatic nitrogens is 1. The first-order valence-corrected chi connectivity index (χ1v) is 15.6. The molecule has 3 heterocycles. The summed E-state index contributed by atoms with van der Waals surface area (Å²) in [6, 6.07) is 12.5. The van der Waals surface area contributed by atoms with Crippen LogP contribution in [0.3, 0.4) is 0 Å². The van der Waals surface area contributed by atoms with E-state index in [2.05, 4.69) is 34.9 Å². The Labute approximate surface area is 247 Å². The molecule has 0 atom stereocenters. The van der Waals surface area contributed by atoms with Crippen molar-refractivity contribution in [3.8, 4) is 6.07 Å². The predicted molar refractivity (Wildman–Crippen MR) is 170 cm³/mol. The van der Waals surface area contributed by atoms with Gasteiger partial charge in [-0.25, -0.2) is 0 Å². The maximum absolute atomic E-state index is 13.5. The second-order valence-electron chi connectivity index (χ2n) is 10.3. The molecule has 2 aliphatic rings. The number of piperazine rings is 1. The van der Waals surface area contributed by atoms with Crippen LogP contribution in [0, 0.1) is 18.3 Å². The zero-order valence-electron chi connectivity index (χ0n) is 23.8. The van der Waals surface area contributed by atoms with E-state index < -0.39 is 0 Å². The first kappa shape index (κ1) is 29.9. The maximum atomic E-state index is 13.5. The number of rotatable bonds is 11. The third-order valence-corrected chi connectivity index (χ3v) is 9.13. The molecule has 2 aromatic rings. The van der Waals surface area contributed by atoms with Crippen molar-refractivity contribution in [2.45, 2.75) is 65.8 Å². The van der Waals surface area contributed by atoms with Gasteiger partial charge in [-0.3, -0.25) is 19.1 Å². The molecule has 1 amide bonds. The van der Waals surface area contributed by atoms with Gasteiger partial charge in [-0.05, 0) is 44.0 Å². The monoisotopic (exact) mass is 577 g/mol. The Bertz CT molecular complexity index is 1350. The number of hydrogen-bond donors (Lipinski definition) is 0. The Morgan fingerprint density at radius 2 is 1.62 bits per heavy atom. The molecule has 0 radical (unpaired) electrons. The molecule has 0 N–H and O–H groups in total. The van der Waals surface area contributed by atoms with Gasteiger partial charge in [-0.15, -0.1) is 0 Å². The van der Waals surface area contributed by atoms with Gasteiger partial charge in [-0.1, -0.05) is 81.2 Å². The summed E-state index contributed by atoms with van der Waals surface area (Å²) in [4.78, 5) is 33.6. The summed E-state index contributed by atoms with van der Waals surface area (Å²) in [6.45, 7) is 10.1. The van der Waals surface area contributed by atoms with Crippen molar-refractivity contribution in [3.63, 3.8) is 0 Å². The molecule has 0 bridgehead atoms. The molecule has 4 rings (SSSR count). The molecule has 1 aromatic carbocycles. The molecule has 1 aromatic heterocycles. The molecular formula is C31H39N5O2S2. The third kappa shape index (κ3) is 6.45. The minimum absolute atomic E-state index is 0.0874. The van der Waals surface area contributed by atoms with E-state index >= 15 is 0 Å². The number of amides is 1. The number of benzene rings is 1. The standard InChI is InChI=1S/C31H39N5O2S2/c1-4-6-7-8-9-13-16-36-30(38)27(40-31(36)39)21-25-23(3)26(22-32)29(37)35(5-2)28(25)34-19-17-33(18-20-34)24-14-11-10-12-15-24/h10-12,14-15,21H,4-9,13,16-20H2,1-3H3/b27-21+. The zero-order valence-corrected chi connectivity index (χ0v) is 25.5. The highest BCUT2D eigenvalue weighted by atomic mass is 32.2. The minimum Gasteiger partial charge on any atom is -0.368 e. The van der Waals surface area contributed by atoms with Crippen molar-refractivity contribution in [1.82, 2.24) is 9.47 Å². The first-order chi connectivity index (χ1) is 19.4. The molecule has 2 aliphatic heterocycles. The molecule has 7 nitrogen and oxygen atoms in total. The Hall–Kier alpha value is -3.09. The van der Waals surface area contributed by atoms with Crippen LogP contribution < -0.4 is 15.4 Å². The Kier molecular flexibility index (Phi) is 10.5. The highest BCUT2D eigenvalue weighted by molar-refractivity contribution is 8.26. The smallest absolute Gasteiger partial charge is 0.270 e. The van der Waals surface area contributed by atoms with Gasteiger partial charge in [0, 0.05) is 50.5 Å². The van der Waals surface area contributed by atoms with E-state index in [1.54, 1.807) is 9.47 Å². The van der Waals surface area contributed by atoms with E-state index in [1.165, 1.54) is 43.1 Å². The summed E-state index contributed by atoms with van der Waals surface area (Å²) in [5.74, 6) is 0.688. The average Bonchev–Trinajstić information content (AvgIpc) is 3.24. The third-order valence-electron chi connectivity index (χ3n) is 7.75. The predicted octanol–water partition coefficient (Wildman–Crippen LogP) is 5.94. The van der Waals surface area contributed by atoms with Crippen molar-refractivity contribution in [1.29, 1.82) is 5.26 Å². The highest BCUT2D eigenvalue weighted by Gasteiger charge is 2.33. The lowest BCUT2D eigenvalue weighted by Gasteiger charge is -2.39. The number of pyridine rings is 1. The molecule has 9 heteroatoms. The van der Waals surface area contributed by atoms with Crippen LogP contribution in [0.5, 0.6) is 0 Å². The number of anilines is 2. The lowest BCUT2D eigenvalue weighted by molar-refractivity contribution is -0.122. The number of unbranched alkanes of at least 4 members (excludes halogenated alkanes) is 5. The van der Waals surface area contributed by atoms with Crippen LogP contribution in [-0.2, 0) is 11.3 Å². The van der Waals surface area contributed by atoms with Gasteiger partial charge in [0.1, 0.15) is 21.8 Å². The molecule has 0 saturated carbocycles. The number of nitrogens with zero attached hydrogens (tertiary/aromatic N) is 5. The van der Waals surface area contributed by atoms with E-state index in [1.807, 2.05) is 38.1 Å². The zero-order chi connectivity index (χ0) is 28.6. The number of carbonyl (C=O) groups is 1. The molecule has 2 saturated heterocycles. The second kappa shape index (κ2) is 14.0. The number of carbonyl (C=O) groups excluding carboxylic acids is 1. The molecule has 0 aliphatic carbocycles. The summed E-state index contributed by atoms with van der Waals surface area (Å²) in [5, 5.41) is 9.87. The number of thioether (sulfide) groups is 1. The summed E-state index contributed by atoms with van der Waals surface area (Å²) in [7, 11) is 0. The van der Waals surface area contributed by atoms with Crippen molar-refractivity contribution in [2.24, 2.45) is 0 Å². The number of thiocarbonyl (C=S) groups is 1. The van der Waals surface area contributed by atoms with Crippen LogP contribution in [0.4, 0.5) is 11.5 Å². The van der Waals surface area contributed by atoms with Gasteiger partial charge in [0.25, 0.3) is 11.5 Å². The minimum atomic E-state index is -0.282. The lowest BCUT2D eigenvalue weighted by Crippen LogP contribution is -2.48. The highest BCUT2D eigenvalue weighted by Crippen LogP contribution is 2.36. The Morgan fingerprint density at radius 3 is 2.27 bits per heavy atom. The molecule has 0 spiro atoms. The number of hydrogen-bond acceptors (Lipinski definition) is 7. The topological polar surface area (TPSA) is 72.6 Å². The largest absolute Gasteiger partial charge is 0.368 e. The van der Waals surface area contributed by atoms with Crippen LogP contribution in [0.1, 0.15) is 69.1 Å². The van der Waals surface area contributed by atoms with Crippen LogP contribution >= 0.6 is 24.0 Å². The van der Waals surface area contributed by atoms with Crippen LogP contribution in [0.2, 0.25) is 0 Å². The van der Waals surface area contributed by atoms with Crippen molar-refractivity contribution < 1.29 is 4.79 Å². The molecule has 212 valence electrons. The molecule has 40 heavy (non-hydrogen) atoms. The van der Waals surface area contributed by atoms with Crippen molar-refractivity contribution in [2.75, 3.05) is 42.5 Å². The van der Waals surface area contributed by atoms with Gasteiger partial charge < -0.3 is 9.80 Å². The molecule has 2 fully saturated rings. The van der Waals surface area contributed by atoms with E-state index in [0.717, 1.165) is 50.4 Å². The van der Waals surface area contributed by atoms with Crippen molar-refractivity contribution in [3.05, 3.63) is 62.3 Å². The van der Waals surface area contributed by atoms with Gasteiger partial charge in [0.15, 0.2) is 0 Å². The van der Waals surface area contributed by atoms with Gasteiger partial charge in [0.2, 0.25) is 0 Å². The van der Waals surface area contributed by atoms with E-state index in [-0.39, 0.29) is 17.0 Å². The van der Waals surface area contributed by atoms with E-state index in [4.69, 9.17) is 12.2 Å². The molecule has 0 unspecified atom stereocenters. The summed E-state index contributed by atoms with van der Waals surface area (Å²) < 4.78 is 2.26. The second-order valence-corrected chi connectivity index (χ2v) is 12.0. The summed E-state index contributed by atoms with van der Waals surface area (Å²) >= 11 is 6.92. The normalized spacial score (nSPS) is 16.8. The first-order valence-electron chi connectivity index (χ1n) is 14.4. The quantitative estimate of drug-likeness (QED) is 0.186. The Morgan fingerprint density at radius 1 is 0.975 bits per heavy atom. The van der Waals surface area contributed by atoms with Gasteiger partial charge in [0.05, 0.1) is 4.91 Å². The van der Waals surface area contributed by atoms with E-state index in [9.17, 15) is 14.9 Å². The van der Waals surface area contributed by atoms with Gasteiger partial charge >= 0.3 is 0 Å². The fourth-order valence-electron chi connectivity index (χ4n) is 5.47.